The topological polar surface area (TPSA) is 32.8 Å². The van der Waals surface area contributed by atoms with E-state index in [1.807, 2.05) is 6.92 Å². The smallest absolute Gasteiger partial charge is 0.320 e. The zero-order valence-corrected chi connectivity index (χ0v) is 10.3. The van der Waals surface area contributed by atoms with Crippen LogP contribution < -0.4 is 0 Å². The molecule has 4 nitrogen and oxygen atoms in total. The highest BCUT2D eigenvalue weighted by Crippen LogP contribution is 2.26. The van der Waals surface area contributed by atoms with Gasteiger partial charge < -0.3 is 4.74 Å². The molecule has 2 heterocycles. The number of rotatable bonds is 3. The minimum Gasteiger partial charge on any atom is -0.465 e. The lowest BCUT2D eigenvalue weighted by Crippen LogP contribution is -2.59. The second-order valence-electron chi connectivity index (χ2n) is 4.90. The number of esters is 1. The Balaban J connectivity index is 1.87. The fraction of sp³-hybridized carbons (Fsp3) is 0.917. The van der Waals surface area contributed by atoms with Crippen LogP contribution in [0.2, 0.25) is 0 Å². The molecule has 2 bridgehead atoms. The fourth-order valence-electron chi connectivity index (χ4n) is 2.92. The van der Waals surface area contributed by atoms with E-state index in [0.29, 0.717) is 25.2 Å². The van der Waals surface area contributed by atoms with Gasteiger partial charge in [-0.2, -0.15) is 0 Å². The number of fused-ring (bicyclic) bond motifs is 2. The van der Waals surface area contributed by atoms with Crippen molar-refractivity contribution in [3.05, 3.63) is 0 Å². The highest BCUT2D eigenvalue weighted by atomic mass is 16.5. The first-order chi connectivity index (χ1) is 7.70. The maximum absolute atomic E-state index is 11.4. The van der Waals surface area contributed by atoms with Gasteiger partial charge >= 0.3 is 5.97 Å². The molecule has 2 aliphatic heterocycles. The first-order valence-corrected chi connectivity index (χ1v) is 6.30. The maximum Gasteiger partial charge on any atom is 0.320 e. The summed E-state index contributed by atoms with van der Waals surface area (Å²) in [5.41, 5.74) is 0. The first-order valence-electron chi connectivity index (χ1n) is 6.30. The number of ether oxygens (including phenoxy) is 1. The number of piperazine rings is 1. The van der Waals surface area contributed by atoms with Crippen molar-refractivity contribution < 1.29 is 9.53 Å². The van der Waals surface area contributed by atoms with Gasteiger partial charge in [-0.05, 0) is 26.8 Å². The largest absolute Gasteiger partial charge is 0.465 e. The molecule has 2 atom stereocenters. The summed E-state index contributed by atoms with van der Waals surface area (Å²) in [6.07, 6.45) is 3.88. The molecule has 2 aliphatic rings. The van der Waals surface area contributed by atoms with E-state index in [4.69, 9.17) is 4.74 Å². The summed E-state index contributed by atoms with van der Waals surface area (Å²) in [6, 6.07) is 1.28. The van der Waals surface area contributed by atoms with Crippen molar-refractivity contribution in [2.75, 3.05) is 33.3 Å². The summed E-state index contributed by atoms with van der Waals surface area (Å²) in [4.78, 5) is 16.2. The van der Waals surface area contributed by atoms with E-state index in [-0.39, 0.29) is 5.97 Å². The molecule has 2 saturated heterocycles. The molecule has 0 spiro atoms. The number of carbonyl (C=O) groups excluding carboxylic acids is 1. The Morgan fingerprint density at radius 2 is 1.94 bits per heavy atom. The van der Waals surface area contributed by atoms with Crippen molar-refractivity contribution in [2.24, 2.45) is 0 Å². The zero-order valence-electron chi connectivity index (χ0n) is 10.3. The second kappa shape index (κ2) is 5.15. The minimum atomic E-state index is -0.0786. The Bertz CT molecular complexity index is 243. The average molecular weight is 226 g/mol. The average Bonchev–Trinajstić information content (AvgIpc) is 2.20. The van der Waals surface area contributed by atoms with Crippen LogP contribution in [0.5, 0.6) is 0 Å². The van der Waals surface area contributed by atoms with Gasteiger partial charge in [0.25, 0.3) is 0 Å². The van der Waals surface area contributed by atoms with Crippen LogP contribution >= 0.6 is 0 Å². The van der Waals surface area contributed by atoms with Crippen LogP contribution in [0.1, 0.15) is 26.2 Å². The molecule has 2 fully saturated rings. The summed E-state index contributed by atoms with van der Waals surface area (Å²) in [5.74, 6) is -0.0786. The number of carbonyl (C=O) groups is 1. The number of piperidine rings is 1. The van der Waals surface area contributed by atoms with Crippen molar-refractivity contribution >= 4 is 5.97 Å². The van der Waals surface area contributed by atoms with Crippen LogP contribution in [0.4, 0.5) is 0 Å². The van der Waals surface area contributed by atoms with Crippen molar-refractivity contribution in [1.82, 2.24) is 9.80 Å². The number of likely N-dealkylation sites (N-methyl/N-ethyl adjacent to an activating group) is 1. The van der Waals surface area contributed by atoms with Gasteiger partial charge in [0, 0.05) is 25.2 Å². The summed E-state index contributed by atoms with van der Waals surface area (Å²) >= 11 is 0. The molecule has 0 aliphatic carbocycles. The van der Waals surface area contributed by atoms with Crippen LogP contribution in [0.15, 0.2) is 0 Å². The van der Waals surface area contributed by atoms with Gasteiger partial charge in [-0.15, -0.1) is 0 Å². The number of nitrogens with zero attached hydrogens (tertiary/aromatic N) is 2. The van der Waals surface area contributed by atoms with Crippen LogP contribution in [-0.2, 0) is 9.53 Å². The molecule has 0 aromatic heterocycles. The third-order valence-electron chi connectivity index (χ3n) is 3.82. The molecular formula is C12H22N2O2. The molecule has 0 N–H and O–H groups in total. The fourth-order valence-corrected chi connectivity index (χ4v) is 2.92. The lowest BCUT2D eigenvalue weighted by atomic mass is 9.92. The SMILES string of the molecule is CCOC(=O)CN1CC2CCCC(C1)N2C. The number of hydrogen-bond donors (Lipinski definition) is 0. The lowest BCUT2D eigenvalue weighted by Gasteiger charge is -2.48. The van der Waals surface area contributed by atoms with E-state index in [9.17, 15) is 4.79 Å². The Labute approximate surface area is 97.5 Å². The van der Waals surface area contributed by atoms with E-state index in [2.05, 4.69) is 16.8 Å². The normalized spacial score (nSPS) is 31.4. The van der Waals surface area contributed by atoms with Gasteiger partial charge in [0.2, 0.25) is 0 Å². The van der Waals surface area contributed by atoms with Crippen LogP contribution in [0.3, 0.4) is 0 Å². The molecule has 0 radical (unpaired) electrons. The highest BCUT2D eigenvalue weighted by Gasteiger charge is 2.35. The number of hydrogen-bond acceptors (Lipinski definition) is 4. The molecule has 0 saturated carbocycles. The van der Waals surface area contributed by atoms with Crippen molar-refractivity contribution in [3.8, 4) is 0 Å². The molecule has 2 rings (SSSR count). The zero-order chi connectivity index (χ0) is 11.5. The third kappa shape index (κ3) is 2.55. The van der Waals surface area contributed by atoms with Gasteiger partial charge in [-0.3, -0.25) is 14.6 Å². The van der Waals surface area contributed by atoms with E-state index < -0.39 is 0 Å². The van der Waals surface area contributed by atoms with Crippen LogP contribution in [0.25, 0.3) is 0 Å². The molecule has 2 unspecified atom stereocenters. The molecule has 92 valence electrons. The van der Waals surface area contributed by atoms with Gasteiger partial charge in [-0.1, -0.05) is 6.42 Å². The predicted octanol–water partition coefficient (Wildman–Crippen LogP) is 0.718. The quantitative estimate of drug-likeness (QED) is 0.664. The van der Waals surface area contributed by atoms with Gasteiger partial charge in [0.15, 0.2) is 0 Å². The van der Waals surface area contributed by atoms with E-state index in [1.54, 1.807) is 0 Å². The van der Waals surface area contributed by atoms with Crippen molar-refractivity contribution in [3.63, 3.8) is 0 Å². The number of likely N-dealkylation sites (tertiary alicyclic amines) is 1. The van der Waals surface area contributed by atoms with Gasteiger partial charge in [-0.25, -0.2) is 0 Å². The van der Waals surface area contributed by atoms with E-state index in [1.165, 1.54) is 19.3 Å². The Kier molecular flexibility index (Phi) is 3.82. The molecule has 16 heavy (non-hydrogen) atoms. The Morgan fingerprint density at radius 3 is 2.50 bits per heavy atom. The minimum absolute atomic E-state index is 0.0786. The molecule has 0 aromatic carbocycles. The van der Waals surface area contributed by atoms with Gasteiger partial charge in [0.1, 0.15) is 0 Å². The summed E-state index contributed by atoms with van der Waals surface area (Å²) in [6.45, 7) is 4.85. The standard InChI is InChI=1S/C12H22N2O2/c1-3-16-12(15)9-14-7-10-5-4-6-11(8-14)13(10)2/h10-11H,3-9H2,1-2H3. The van der Waals surface area contributed by atoms with E-state index in [0.717, 1.165) is 13.1 Å². The summed E-state index contributed by atoms with van der Waals surface area (Å²) in [5, 5.41) is 0. The van der Waals surface area contributed by atoms with Crippen LogP contribution in [-0.4, -0.2) is 61.1 Å². The Morgan fingerprint density at radius 1 is 1.31 bits per heavy atom. The summed E-state index contributed by atoms with van der Waals surface area (Å²) < 4.78 is 5.00. The summed E-state index contributed by atoms with van der Waals surface area (Å²) in [7, 11) is 2.22. The first kappa shape index (κ1) is 11.9. The maximum atomic E-state index is 11.4. The van der Waals surface area contributed by atoms with Crippen LogP contribution in [0, 0.1) is 0 Å². The second-order valence-corrected chi connectivity index (χ2v) is 4.90. The highest BCUT2D eigenvalue weighted by molar-refractivity contribution is 5.71. The Hall–Kier alpha value is -0.610. The predicted molar refractivity (Wildman–Crippen MR) is 62.3 cm³/mol. The molecule has 0 amide bonds. The molecular weight excluding hydrogens is 204 g/mol. The third-order valence-corrected chi connectivity index (χ3v) is 3.82. The molecule has 0 aromatic rings. The van der Waals surface area contributed by atoms with Crippen molar-refractivity contribution in [2.45, 2.75) is 38.3 Å². The lowest BCUT2D eigenvalue weighted by molar-refractivity contribution is -0.145. The van der Waals surface area contributed by atoms with Crippen molar-refractivity contribution in [1.29, 1.82) is 0 Å². The van der Waals surface area contributed by atoms with Gasteiger partial charge in [0.05, 0.1) is 13.2 Å². The van der Waals surface area contributed by atoms with E-state index >= 15 is 0 Å². The molecule has 4 heteroatoms. The monoisotopic (exact) mass is 226 g/mol.